The molecule has 1 aliphatic rings. The number of ether oxygens (including phenoxy) is 1. The Morgan fingerprint density at radius 3 is 2.73 bits per heavy atom. The Bertz CT molecular complexity index is 750. The van der Waals surface area contributed by atoms with Crippen molar-refractivity contribution < 1.29 is 4.74 Å². The number of aromatic nitrogens is 1. The van der Waals surface area contributed by atoms with E-state index in [9.17, 15) is 0 Å². The second-order valence-electron chi connectivity index (χ2n) is 7.32. The number of nitrogens with zero attached hydrogens (tertiary/aromatic N) is 3. The molecule has 1 atom stereocenters. The topological polar surface area (TPSA) is 28.6 Å². The summed E-state index contributed by atoms with van der Waals surface area (Å²) in [5.74, 6) is 1.24. The minimum atomic E-state index is 0.424. The first-order valence-electron chi connectivity index (χ1n) is 9.23. The van der Waals surface area contributed by atoms with Crippen molar-refractivity contribution in [3.05, 3.63) is 58.8 Å². The first kappa shape index (κ1) is 19.6. The van der Waals surface area contributed by atoms with E-state index < -0.39 is 0 Å². The zero-order chi connectivity index (χ0) is 18.7. The van der Waals surface area contributed by atoms with Crippen molar-refractivity contribution in [1.29, 1.82) is 0 Å². The highest BCUT2D eigenvalue weighted by Gasteiger charge is 2.28. The number of aryl methyl sites for hydroxylation is 1. The van der Waals surface area contributed by atoms with E-state index in [1.165, 1.54) is 16.7 Å². The third-order valence-corrected chi connectivity index (χ3v) is 6.14. The van der Waals surface area contributed by atoms with Crippen LogP contribution in [-0.4, -0.2) is 39.7 Å². The Balaban J connectivity index is 1.80. The molecule has 1 aliphatic heterocycles. The lowest BCUT2D eigenvalue weighted by Gasteiger charge is -2.39. The second-order valence-corrected chi connectivity index (χ2v) is 8.56. The highest BCUT2D eigenvalue weighted by Crippen LogP contribution is 2.34. The summed E-state index contributed by atoms with van der Waals surface area (Å²) in [6, 6.07) is 13.5. The quantitative estimate of drug-likeness (QED) is 0.472. The fourth-order valence-corrected chi connectivity index (χ4v) is 4.40. The SMILES string of the molecule is COc1cc(CN2CCN(I)C(c3ccccc3C(C)C)C2)cc(C)n1. The lowest BCUT2D eigenvalue weighted by atomic mass is 9.92. The molecule has 3 rings (SSSR count). The summed E-state index contributed by atoms with van der Waals surface area (Å²) < 4.78 is 7.80. The molecule has 1 unspecified atom stereocenters. The molecule has 2 heterocycles. The predicted molar refractivity (Wildman–Crippen MR) is 115 cm³/mol. The summed E-state index contributed by atoms with van der Waals surface area (Å²) >= 11 is 2.50. The van der Waals surface area contributed by atoms with Crippen LogP contribution in [0.4, 0.5) is 0 Å². The number of rotatable bonds is 5. The van der Waals surface area contributed by atoms with Gasteiger partial charge in [-0.1, -0.05) is 38.1 Å². The summed E-state index contributed by atoms with van der Waals surface area (Å²) in [7, 11) is 1.68. The van der Waals surface area contributed by atoms with Crippen molar-refractivity contribution in [2.24, 2.45) is 0 Å². The van der Waals surface area contributed by atoms with Crippen LogP contribution < -0.4 is 4.74 Å². The van der Waals surface area contributed by atoms with Gasteiger partial charge in [0.25, 0.3) is 0 Å². The Morgan fingerprint density at radius 1 is 1.23 bits per heavy atom. The average molecular weight is 465 g/mol. The minimum Gasteiger partial charge on any atom is -0.481 e. The first-order chi connectivity index (χ1) is 12.5. The molecule has 0 spiro atoms. The summed E-state index contributed by atoms with van der Waals surface area (Å²) in [5.41, 5.74) is 5.20. The highest BCUT2D eigenvalue weighted by atomic mass is 127. The van der Waals surface area contributed by atoms with Gasteiger partial charge in [-0.05, 0) is 35.6 Å². The summed E-state index contributed by atoms with van der Waals surface area (Å²) in [6.07, 6.45) is 0. The Labute approximate surface area is 171 Å². The second kappa shape index (κ2) is 8.67. The molecule has 0 bridgehead atoms. The maximum atomic E-state index is 5.34. The van der Waals surface area contributed by atoms with E-state index in [2.05, 4.69) is 86.1 Å². The Morgan fingerprint density at radius 2 is 2.00 bits per heavy atom. The third-order valence-electron chi connectivity index (χ3n) is 4.98. The molecule has 1 aromatic carbocycles. The molecular formula is C21H28IN3O. The third kappa shape index (κ3) is 4.56. The zero-order valence-corrected chi connectivity index (χ0v) is 18.2. The molecule has 5 heteroatoms. The molecule has 0 aliphatic carbocycles. The van der Waals surface area contributed by atoms with Gasteiger partial charge in [-0.25, -0.2) is 8.10 Å². The zero-order valence-electron chi connectivity index (χ0n) is 16.1. The Kier molecular flexibility index (Phi) is 6.53. The van der Waals surface area contributed by atoms with Crippen LogP contribution >= 0.6 is 22.9 Å². The van der Waals surface area contributed by atoms with Gasteiger partial charge in [0.05, 0.1) is 13.2 Å². The summed E-state index contributed by atoms with van der Waals surface area (Å²) in [5, 5.41) is 0. The Hall–Kier alpha value is -1.18. The van der Waals surface area contributed by atoms with Crippen LogP contribution in [0.5, 0.6) is 5.88 Å². The number of hydrogen-bond donors (Lipinski definition) is 0. The molecule has 140 valence electrons. The van der Waals surface area contributed by atoms with Gasteiger partial charge in [0, 0.05) is 60.8 Å². The monoisotopic (exact) mass is 465 g/mol. The van der Waals surface area contributed by atoms with Crippen molar-refractivity contribution in [3.63, 3.8) is 0 Å². The predicted octanol–water partition coefficient (Wildman–Crippen LogP) is 4.73. The number of hydrogen-bond acceptors (Lipinski definition) is 4. The highest BCUT2D eigenvalue weighted by molar-refractivity contribution is 14.1. The van der Waals surface area contributed by atoms with Crippen LogP contribution in [0.25, 0.3) is 0 Å². The van der Waals surface area contributed by atoms with E-state index in [1.807, 2.05) is 6.92 Å². The van der Waals surface area contributed by atoms with Gasteiger partial charge in [-0.3, -0.25) is 4.90 Å². The van der Waals surface area contributed by atoms with Crippen LogP contribution in [0.3, 0.4) is 0 Å². The van der Waals surface area contributed by atoms with Crippen LogP contribution in [-0.2, 0) is 6.54 Å². The number of piperazine rings is 1. The van der Waals surface area contributed by atoms with Gasteiger partial charge in [-0.15, -0.1) is 0 Å². The minimum absolute atomic E-state index is 0.424. The number of halogens is 1. The molecule has 1 aromatic heterocycles. The van der Waals surface area contributed by atoms with Crippen molar-refractivity contribution >= 4 is 22.9 Å². The molecule has 0 saturated carbocycles. The van der Waals surface area contributed by atoms with Crippen LogP contribution in [0, 0.1) is 6.92 Å². The van der Waals surface area contributed by atoms with Crippen molar-refractivity contribution in [2.75, 3.05) is 26.7 Å². The van der Waals surface area contributed by atoms with Crippen molar-refractivity contribution in [1.82, 2.24) is 13.0 Å². The average Bonchev–Trinajstić information content (AvgIpc) is 2.62. The van der Waals surface area contributed by atoms with E-state index in [0.717, 1.165) is 31.9 Å². The fraction of sp³-hybridized carbons (Fsp3) is 0.476. The van der Waals surface area contributed by atoms with E-state index in [-0.39, 0.29) is 0 Å². The lowest BCUT2D eigenvalue weighted by Crippen LogP contribution is -2.44. The normalized spacial score (nSPS) is 19.1. The maximum absolute atomic E-state index is 5.34. The number of benzene rings is 1. The fourth-order valence-electron chi connectivity index (χ4n) is 3.71. The molecule has 0 N–H and O–H groups in total. The molecule has 1 saturated heterocycles. The smallest absolute Gasteiger partial charge is 0.213 e. The molecule has 0 amide bonds. The largest absolute Gasteiger partial charge is 0.481 e. The van der Waals surface area contributed by atoms with Crippen molar-refractivity contribution in [2.45, 2.75) is 39.3 Å². The van der Waals surface area contributed by atoms with Gasteiger partial charge in [-0.2, -0.15) is 0 Å². The number of pyridine rings is 1. The lowest BCUT2D eigenvalue weighted by molar-refractivity contribution is 0.148. The molecule has 4 nitrogen and oxygen atoms in total. The summed E-state index contributed by atoms with van der Waals surface area (Å²) in [6.45, 7) is 10.7. The van der Waals surface area contributed by atoms with Crippen LogP contribution in [0.1, 0.15) is 48.2 Å². The van der Waals surface area contributed by atoms with Crippen LogP contribution in [0.2, 0.25) is 0 Å². The molecule has 26 heavy (non-hydrogen) atoms. The molecule has 0 radical (unpaired) electrons. The molecular weight excluding hydrogens is 437 g/mol. The van der Waals surface area contributed by atoms with Crippen molar-refractivity contribution in [3.8, 4) is 5.88 Å². The van der Waals surface area contributed by atoms with Gasteiger partial charge in [0.2, 0.25) is 5.88 Å². The summed E-state index contributed by atoms with van der Waals surface area (Å²) in [4.78, 5) is 6.95. The van der Waals surface area contributed by atoms with E-state index in [1.54, 1.807) is 7.11 Å². The first-order valence-corrected chi connectivity index (χ1v) is 10.2. The molecule has 1 fully saturated rings. The van der Waals surface area contributed by atoms with E-state index >= 15 is 0 Å². The van der Waals surface area contributed by atoms with Gasteiger partial charge < -0.3 is 4.74 Å². The van der Waals surface area contributed by atoms with Gasteiger partial charge in [0.1, 0.15) is 0 Å². The van der Waals surface area contributed by atoms with Crippen LogP contribution in [0.15, 0.2) is 36.4 Å². The van der Waals surface area contributed by atoms with E-state index in [0.29, 0.717) is 17.8 Å². The standard InChI is InChI=1S/C21H28IN3O/c1-15(2)18-7-5-6-8-19(18)20-14-24(9-10-25(20)22)13-17-11-16(3)23-21(12-17)26-4/h5-8,11-12,15,20H,9-10,13-14H2,1-4H3. The number of methoxy groups -OCH3 is 1. The maximum Gasteiger partial charge on any atom is 0.213 e. The van der Waals surface area contributed by atoms with E-state index in [4.69, 9.17) is 4.74 Å². The van der Waals surface area contributed by atoms with Gasteiger partial charge in [0.15, 0.2) is 0 Å². The molecule has 2 aromatic rings. The van der Waals surface area contributed by atoms with Gasteiger partial charge >= 0.3 is 0 Å².